The lowest BCUT2D eigenvalue weighted by Gasteiger charge is -2.34. The molecule has 0 saturated heterocycles. The maximum Gasteiger partial charge on any atom is 0.0721 e. The van der Waals surface area contributed by atoms with Gasteiger partial charge in [0.15, 0.2) is 0 Å². The Kier molecular flexibility index (Phi) is 4.97. The van der Waals surface area contributed by atoms with Crippen LogP contribution in [0.3, 0.4) is 0 Å². The molecule has 2 rings (SSSR count). The van der Waals surface area contributed by atoms with Gasteiger partial charge in [-0.15, -0.1) is 0 Å². The molecule has 0 saturated carbocycles. The van der Waals surface area contributed by atoms with E-state index in [1.165, 1.54) is 11.1 Å². The zero-order valence-electron chi connectivity index (χ0n) is 12.0. The van der Waals surface area contributed by atoms with Crippen LogP contribution in [0.4, 0.5) is 0 Å². The Bertz CT molecular complexity index is 393. The van der Waals surface area contributed by atoms with Crippen molar-refractivity contribution in [3.63, 3.8) is 0 Å². The van der Waals surface area contributed by atoms with Crippen LogP contribution in [-0.2, 0) is 11.3 Å². The van der Waals surface area contributed by atoms with Crippen LogP contribution in [0.1, 0.15) is 43.9 Å². The SMILES string of the molecule is CCC(CC)(CO)CNC1COCc2ccccc21. The number of nitrogens with one attached hydrogen (secondary N) is 1. The summed E-state index contributed by atoms with van der Waals surface area (Å²) >= 11 is 0. The highest BCUT2D eigenvalue weighted by Gasteiger charge is 2.28. The highest BCUT2D eigenvalue weighted by atomic mass is 16.5. The lowest BCUT2D eigenvalue weighted by molar-refractivity contribution is 0.0661. The molecule has 3 nitrogen and oxygen atoms in total. The Morgan fingerprint density at radius 3 is 2.74 bits per heavy atom. The van der Waals surface area contributed by atoms with E-state index in [1.54, 1.807) is 0 Å². The number of fused-ring (bicyclic) bond motifs is 1. The van der Waals surface area contributed by atoms with E-state index in [-0.39, 0.29) is 18.1 Å². The molecule has 1 unspecified atom stereocenters. The van der Waals surface area contributed by atoms with Crippen molar-refractivity contribution >= 4 is 0 Å². The Labute approximate surface area is 116 Å². The molecule has 1 aromatic carbocycles. The van der Waals surface area contributed by atoms with Gasteiger partial charge in [0.1, 0.15) is 0 Å². The highest BCUT2D eigenvalue weighted by Crippen LogP contribution is 2.28. The molecule has 106 valence electrons. The van der Waals surface area contributed by atoms with Gasteiger partial charge in [-0.1, -0.05) is 38.1 Å². The van der Waals surface area contributed by atoms with Crippen molar-refractivity contribution < 1.29 is 9.84 Å². The first-order valence-electron chi connectivity index (χ1n) is 7.24. The zero-order chi connectivity index (χ0) is 13.7. The topological polar surface area (TPSA) is 41.5 Å². The molecule has 19 heavy (non-hydrogen) atoms. The molecule has 0 spiro atoms. The van der Waals surface area contributed by atoms with Crippen molar-refractivity contribution in [2.24, 2.45) is 5.41 Å². The minimum Gasteiger partial charge on any atom is -0.396 e. The third-order valence-corrected chi connectivity index (χ3v) is 4.53. The van der Waals surface area contributed by atoms with Crippen molar-refractivity contribution in [2.75, 3.05) is 19.8 Å². The van der Waals surface area contributed by atoms with Gasteiger partial charge in [-0.3, -0.25) is 0 Å². The second-order valence-corrected chi connectivity index (χ2v) is 5.51. The third-order valence-electron chi connectivity index (χ3n) is 4.53. The van der Waals surface area contributed by atoms with Crippen LogP contribution < -0.4 is 5.32 Å². The summed E-state index contributed by atoms with van der Waals surface area (Å²) in [7, 11) is 0. The first kappa shape index (κ1) is 14.5. The quantitative estimate of drug-likeness (QED) is 0.829. The van der Waals surface area contributed by atoms with Gasteiger partial charge < -0.3 is 15.2 Å². The van der Waals surface area contributed by atoms with E-state index < -0.39 is 0 Å². The molecular weight excluding hydrogens is 238 g/mol. The van der Waals surface area contributed by atoms with E-state index in [2.05, 4.69) is 43.4 Å². The molecule has 3 heteroatoms. The normalized spacial score (nSPS) is 19.2. The van der Waals surface area contributed by atoms with E-state index in [1.807, 2.05) is 0 Å². The van der Waals surface area contributed by atoms with Crippen molar-refractivity contribution in [3.05, 3.63) is 35.4 Å². The van der Waals surface area contributed by atoms with Crippen molar-refractivity contribution in [3.8, 4) is 0 Å². The first-order valence-corrected chi connectivity index (χ1v) is 7.24. The van der Waals surface area contributed by atoms with Gasteiger partial charge in [0.2, 0.25) is 0 Å². The summed E-state index contributed by atoms with van der Waals surface area (Å²) in [5.41, 5.74) is 2.61. The van der Waals surface area contributed by atoms with E-state index >= 15 is 0 Å². The molecule has 1 aliphatic heterocycles. The molecule has 0 bridgehead atoms. The molecular formula is C16H25NO2. The molecule has 1 aliphatic rings. The molecule has 0 fully saturated rings. The van der Waals surface area contributed by atoms with Gasteiger partial charge in [-0.2, -0.15) is 0 Å². The van der Waals surface area contributed by atoms with Crippen LogP contribution in [0.2, 0.25) is 0 Å². The lowest BCUT2D eigenvalue weighted by Crippen LogP contribution is -2.40. The van der Waals surface area contributed by atoms with Gasteiger partial charge in [0, 0.05) is 18.6 Å². The van der Waals surface area contributed by atoms with Crippen LogP contribution >= 0.6 is 0 Å². The summed E-state index contributed by atoms with van der Waals surface area (Å²) in [6.45, 7) is 6.79. The minimum absolute atomic E-state index is 0.00755. The molecule has 0 radical (unpaired) electrons. The summed E-state index contributed by atoms with van der Waals surface area (Å²) in [5.74, 6) is 0. The number of hydrogen-bond acceptors (Lipinski definition) is 3. The van der Waals surface area contributed by atoms with Crippen LogP contribution in [0.15, 0.2) is 24.3 Å². The second-order valence-electron chi connectivity index (χ2n) is 5.51. The second kappa shape index (κ2) is 6.51. The standard InChI is InChI=1S/C16H25NO2/c1-3-16(4-2,12-18)11-17-15-10-19-9-13-7-5-6-8-14(13)15/h5-8,15,17-18H,3-4,9-12H2,1-2H3. The highest BCUT2D eigenvalue weighted by molar-refractivity contribution is 5.31. The van der Waals surface area contributed by atoms with Gasteiger partial charge in [-0.25, -0.2) is 0 Å². The predicted octanol–water partition coefficient (Wildman–Crippen LogP) is 2.65. The fraction of sp³-hybridized carbons (Fsp3) is 0.625. The molecule has 1 aromatic rings. The summed E-state index contributed by atoms with van der Waals surface area (Å²) in [6.07, 6.45) is 1.98. The fourth-order valence-corrected chi connectivity index (χ4v) is 2.67. The Morgan fingerprint density at radius 1 is 1.32 bits per heavy atom. The molecule has 0 aliphatic carbocycles. The molecule has 1 atom stereocenters. The summed E-state index contributed by atoms with van der Waals surface area (Å²) in [6, 6.07) is 8.68. The third kappa shape index (κ3) is 3.16. The predicted molar refractivity (Wildman–Crippen MR) is 76.9 cm³/mol. The molecule has 0 amide bonds. The van der Waals surface area contributed by atoms with E-state index in [0.29, 0.717) is 13.2 Å². The Hall–Kier alpha value is -0.900. The molecule has 1 heterocycles. The number of aliphatic hydroxyl groups excluding tert-OH is 1. The maximum atomic E-state index is 9.63. The Morgan fingerprint density at radius 2 is 2.05 bits per heavy atom. The number of benzene rings is 1. The van der Waals surface area contributed by atoms with Gasteiger partial charge in [0.05, 0.1) is 19.3 Å². The average Bonchev–Trinajstić information content (AvgIpc) is 2.49. The van der Waals surface area contributed by atoms with Crippen LogP contribution in [-0.4, -0.2) is 24.9 Å². The van der Waals surface area contributed by atoms with E-state index in [4.69, 9.17) is 4.74 Å². The number of aliphatic hydroxyl groups is 1. The maximum absolute atomic E-state index is 9.63. The summed E-state index contributed by atoms with van der Waals surface area (Å²) in [5, 5.41) is 13.2. The zero-order valence-corrected chi connectivity index (χ0v) is 12.0. The summed E-state index contributed by atoms with van der Waals surface area (Å²) < 4.78 is 5.65. The number of rotatable bonds is 6. The molecule has 2 N–H and O–H groups in total. The van der Waals surface area contributed by atoms with Crippen LogP contribution in [0, 0.1) is 5.41 Å². The van der Waals surface area contributed by atoms with Crippen molar-refractivity contribution in [2.45, 2.75) is 39.3 Å². The monoisotopic (exact) mass is 263 g/mol. The molecule has 0 aromatic heterocycles. The van der Waals surface area contributed by atoms with Crippen molar-refractivity contribution in [1.82, 2.24) is 5.32 Å². The summed E-state index contributed by atoms with van der Waals surface area (Å²) in [4.78, 5) is 0. The van der Waals surface area contributed by atoms with E-state index in [0.717, 1.165) is 19.4 Å². The largest absolute Gasteiger partial charge is 0.396 e. The number of ether oxygens (including phenoxy) is 1. The fourth-order valence-electron chi connectivity index (χ4n) is 2.67. The van der Waals surface area contributed by atoms with Crippen LogP contribution in [0.25, 0.3) is 0 Å². The first-order chi connectivity index (χ1) is 9.24. The smallest absolute Gasteiger partial charge is 0.0721 e. The number of hydrogen-bond donors (Lipinski definition) is 2. The van der Waals surface area contributed by atoms with E-state index in [9.17, 15) is 5.11 Å². The lowest BCUT2D eigenvalue weighted by atomic mass is 9.82. The Balaban J connectivity index is 2.05. The van der Waals surface area contributed by atoms with Crippen molar-refractivity contribution in [1.29, 1.82) is 0 Å². The van der Waals surface area contributed by atoms with Gasteiger partial charge in [-0.05, 0) is 24.0 Å². The van der Waals surface area contributed by atoms with Crippen LogP contribution in [0.5, 0.6) is 0 Å². The average molecular weight is 263 g/mol. The van der Waals surface area contributed by atoms with Gasteiger partial charge >= 0.3 is 0 Å². The van der Waals surface area contributed by atoms with Gasteiger partial charge in [0.25, 0.3) is 0 Å². The minimum atomic E-state index is -0.00755.